The Morgan fingerprint density at radius 1 is 1.07 bits per heavy atom. The maximum atomic E-state index is 10.6. The van der Waals surface area contributed by atoms with Gasteiger partial charge in [0.05, 0.1) is 0 Å². The number of hydrogen-bond acceptors (Lipinski definition) is 5. The number of rotatable bonds is 4. The number of ether oxygens (including phenoxy) is 2. The van der Waals surface area contributed by atoms with Gasteiger partial charge in [-0.25, -0.2) is 0 Å². The highest BCUT2D eigenvalue weighted by molar-refractivity contribution is 7.11. The highest BCUT2D eigenvalue weighted by atomic mass is 32.1. The molecule has 0 fully saturated rings. The molecule has 0 saturated heterocycles. The monoisotopic (exact) mass is 228 g/mol. The van der Waals surface area contributed by atoms with E-state index in [-0.39, 0.29) is 25.2 Å². The van der Waals surface area contributed by atoms with Crippen molar-refractivity contribution in [2.75, 3.05) is 0 Å². The first kappa shape index (κ1) is 11.7. The average Bonchev–Trinajstić information content (AvgIpc) is 2.59. The average molecular weight is 228 g/mol. The van der Waals surface area contributed by atoms with Crippen LogP contribution in [0.4, 0.5) is 0 Å². The minimum atomic E-state index is -0.301. The fourth-order valence-corrected chi connectivity index (χ4v) is 1.77. The van der Waals surface area contributed by atoms with Crippen LogP contribution in [0.3, 0.4) is 0 Å². The van der Waals surface area contributed by atoms with E-state index in [1.165, 1.54) is 25.2 Å². The molecule has 0 amide bonds. The Bertz CT molecular complexity index is 324. The molecule has 0 bridgehead atoms. The number of carbonyl (C=O) groups excluding carboxylic acids is 2. The summed E-state index contributed by atoms with van der Waals surface area (Å²) in [5, 5.41) is 0. The molecule has 0 atom stereocenters. The van der Waals surface area contributed by atoms with Crippen molar-refractivity contribution >= 4 is 23.3 Å². The van der Waals surface area contributed by atoms with Gasteiger partial charge < -0.3 is 9.47 Å². The van der Waals surface area contributed by atoms with E-state index in [0.717, 1.165) is 9.75 Å². The molecule has 0 radical (unpaired) electrons. The molecule has 0 saturated carbocycles. The molecule has 0 aliphatic rings. The molecule has 1 heterocycles. The molecule has 0 N–H and O–H groups in total. The van der Waals surface area contributed by atoms with Crippen molar-refractivity contribution in [2.45, 2.75) is 27.1 Å². The summed E-state index contributed by atoms with van der Waals surface area (Å²) in [6, 6.07) is 3.71. The normalized spacial score (nSPS) is 9.73. The zero-order valence-electron chi connectivity index (χ0n) is 8.61. The predicted octanol–water partition coefficient (Wildman–Crippen LogP) is 1.87. The lowest BCUT2D eigenvalue weighted by Crippen LogP contribution is -1.97. The summed E-state index contributed by atoms with van der Waals surface area (Å²) >= 11 is 1.46. The molecule has 0 aliphatic heterocycles. The molecule has 1 aromatic heterocycles. The van der Waals surface area contributed by atoms with Crippen molar-refractivity contribution in [3.05, 3.63) is 21.9 Å². The van der Waals surface area contributed by atoms with E-state index in [1.54, 1.807) is 0 Å². The van der Waals surface area contributed by atoms with Gasteiger partial charge in [-0.3, -0.25) is 9.59 Å². The summed E-state index contributed by atoms with van der Waals surface area (Å²) < 4.78 is 9.66. The highest BCUT2D eigenvalue weighted by Gasteiger charge is 2.03. The van der Waals surface area contributed by atoms with Crippen molar-refractivity contribution in [1.29, 1.82) is 0 Å². The van der Waals surface area contributed by atoms with Crippen molar-refractivity contribution in [1.82, 2.24) is 0 Å². The number of thiophene rings is 1. The van der Waals surface area contributed by atoms with Gasteiger partial charge in [-0.2, -0.15) is 0 Å². The minimum Gasteiger partial charge on any atom is -0.460 e. The number of hydrogen-bond donors (Lipinski definition) is 0. The van der Waals surface area contributed by atoms with E-state index in [4.69, 9.17) is 9.47 Å². The molecular weight excluding hydrogens is 216 g/mol. The molecule has 1 aromatic rings. The summed E-state index contributed by atoms with van der Waals surface area (Å²) in [7, 11) is 0. The number of esters is 2. The van der Waals surface area contributed by atoms with Crippen molar-refractivity contribution in [2.24, 2.45) is 0 Å². The first-order valence-electron chi connectivity index (χ1n) is 4.42. The smallest absolute Gasteiger partial charge is 0.302 e. The van der Waals surface area contributed by atoms with E-state index in [2.05, 4.69) is 0 Å². The van der Waals surface area contributed by atoms with Crippen LogP contribution in [0.1, 0.15) is 23.6 Å². The second kappa shape index (κ2) is 5.50. The van der Waals surface area contributed by atoms with Gasteiger partial charge in [0.25, 0.3) is 0 Å². The van der Waals surface area contributed by atoms with E-state index < -0.39 is 0 Å². The standard InChI is InChI=1S/C10H12O4S/c1-7(11)13-5-9-3-4-10(15-9)6-14-8(2)12/h3-4H,5-6H2,1-2H3. The van der Waals surface area contributed by atoms with Gasteiger partial charge in [-0.05, 0) is 12.1 Å². The van der Waals surface area contributed by atoms with Gasteiger partial charge in [-0.1, -0.05) is 0 Å². The van der Waals surface area contributed by atoms with Gasteiger partial charge in [-0.15, -0.1) is 11.3 Å². The van der Waals surface area contributed by atoms with Crippen molar-refractivity contribution in [3.8, 4) is 0 Å². The van der Waals surface area contributed by atoms with Gasteiger partial charge in [0.2, 0.25) is 0 Å². The molecule has 15 heavy (non-hydrogen) atoms. The van der Waals surface area contributed by atoms with Gasteiger partial charge in [0.1, 0.15) is 13.2 Å². The Hall–Kier alpha value is -1.36. The van der Waals surface area contributed by atoms with Crippen LogP contribution in [-0.4, -0.2) is 11.9 Å². The van der Waals surface area contributed by atoms with E-state index in [0.29, 0.717) is 0 Å². The quantitative estimate of drug-likeness (QED) is 0.738. The molecule has 5 heteroatoms. The zero-order valence-corrected chi connectivity index (χ0v) is 9.43. The predicted molar refractivity (Wildman–Crippen MR) is 55.3 cm³/mol. The van der Waals surface area contributed by atoms with E-state index in [9.17, 15) is 9.59 Å². The van der Waals surface area contributed by atoms with Crippen LogP contribution in [0.2, 0.25) is 0 Å². The summed E-state index contributed by atoms with van der Waals surface area (Å²) in [5.41, 5.74) is 0. The van der Waals surface area contributed by atoms with Gasteiger partial charge in [0, 0.05) is 23.6 Å². The van der Waals surface area contributed by atoms with Crippen LogP contribution in [-0.2, 0) is 32.3 Å². The second-order valence-electron chi connectivity index (χ2n) is 2.93. The van der Waals surface area contributed by atoms with Crippen LogP contribution in [0.5, 0.6) is 0 Å². The topological polar surface area (TPSA) is 52.6 Å². The molecule has 82 valence electrons. The zero-order chi connectivity index (χ0) is 11.3. The van der Waals surface area contributed by atoms with Gasteiger partial charge in [0.15, 0.2) is 0 Å². The lowest BCUT2D eigenvalue weighted by Gasteiger charge is -1.98. The number of carbonyl (C=O) groups is 2. The molecular formula is C10H12O4S. The molecule has 0 aliphatic carbocycles. The Morgan fingerprint density at radius 3 is 1.80 bits per heavy atom. The summed E-state index contributed by atoms with van der Waals surface area (Å²) in [6.07, 6.45) is 0. The third kappa shape index (κ3) is 4.60. The fraction of sp³-hybridized carbons (Fsp3) is 0.400. The molecule has 4 nitrogen and oxygen atoms in total. The second-order valence-corrected chi connectivity index (χ2v) is 4.18. The first-order valence-corrected chi connectivity index (χ1v) is 5.24. The van der Waals surface area contributed by atoms with E-state index >= 15 is 0 Å². The highest BCUT2D eigenvalue weighted by Crippen LogP contribution is 2.18. The third-order valence-electron chi connectivity index (χ3n) is 1.55. The first-order chi connectivity index (χ1) is 7.08. The molecule has 0 aromatic carbocycles. The Labute approximate surface area is 91.8 Å². The molecule has 1 rings (SSSR count). The fourth-order valence-electron chi connectivity index (χ4n) is 0.923. The van der Waals surface area contributed by atoms with Crippen molar-refractivity contribution < 1.29 is 19.1 Å². The van der Waals surface area contributed by atoms with Crippen LogP contribution >= 0.6 is 11.3 Å². The van der Waals surface area contributed by atoms with Crippen LogP contribution < -0.4 is 0 Å². The summed E-state index contributed by atoms with van der Waals surface area (Å²) in [5.74, 6) is -0.602. The Kier molecular flexibility index (Phi) is 4.30. The molecule has 0 unspecified atom stereocenters. The third-order valence-corrected chi connectivity index (χ3v) is 2.58. The van der Waals surface area contributed by atoms with Crippen LogP contribution in [0.15, 0.2) is 12.1 Å². The Balaban J connectivity index is 2.41. The van der Waals surface area contributed by atoms with Crippen LogP contribution in [0, 0.1) is 0 Å². The molecule has 0 spiro atoms. The van der Waals surface area contributed by atoms with Crippen molar-refractivity contribution in [3.63, 3.8) is 0 Å². The lowest BCUT2D eigenvalue weighted by atomic mass is 10.4. The largest absolute Gasteiger partial charge is 0.460 e. The Morgan fingerprint density at radius 2 is 1.47 bits per heavy atom. The van der Waals surface area contributed by atoms with Gasteiger partial charge >= 0.3 is 11.9 Å². The summed E-state index contributed by atoms with van der Waals surface area (Å²) in [4.78, 5) is 23.0. The summed E-state index contributed by atoms with van der Waals surface area (Å²) in [6.45, 7) is 3.29. The lowest BCUT2D eigenvalue weighted by molar-refractivity contribution is -0.143. The SMILES string of the molecule is CC(=O)OCc1ccc(COC(C)=O)s1. The maximum absolute atomic E-state index is 10.6. The maximum Gasteiger partial charge on any atom is 0.302 e. The minimum absolute atomic E-state index is 0.278. The van der Waals surface area contributed by atoms with Crippen LogP contribution in [0.25, 0.3) is 0 Å². The van der Waals surface area contributed by atoms with E-state index in [1.807, 2.05) is 12.1 Å².